The third kappa shape index (κ3) is 4.36. The minimum atomic E-state index is -0.750. The Morgan fingerprint density at radius 3 is 2.81 bits per heavy atom. The Labute approximate surface area is 187 Å². The van der Waals surface area contributed by atoms with Crippen LogP contribution in [0.15, 0.2) is 35.7 Å². The first kappa shape index (κ1) is 21.9. The van der Waals surface area contributed by atoms with E-state index in [1.54, 1.807) is 12.1 Å². The van der Waals surface area contributed by atoms with E-state index in [2.05, 4.69) is 31.3 Å². The number of nitrogens with one attached hydrogen (secondary N) is 1. The minimum absolute atomic E-state index is 0.0589. The van der Waals surface area contributed by atoms with Crippen LogP contribution in [0.4, 0.5) is 0 Å². The predicted molar refractivity (Wildman–Crippen MR) is 123 cm³/mol. The summed E-state index contributed by atoms with van der Waals surface area (Å²) in [5.41, 5.74) is 0.946. The molecule has 0 saturated heterocycles. The van der Waals surface area contributed by atoms with Crippen molar-refractivity contribution in [2.24, 2.45) is 23.2 Å². The molecule has 0 spiro atoms. The summed E-state index contributed by atoms with van der Waals surface area (Å²) in [6.45, 7) is 4.70. The van der Waals surface area contributed by atoms with Gasteiger partial charge in [0.15, 0.2) is 0 Å². The van der Waals surface area contributed by atoms with Gasteiger partial charge in [0.05, 0.1) is 5.56 Å². The SMILES string of the molecule is CC1(C)[C@H]2C[C@@H](NC(=O)c3csc4ccc(O)cc34)[C@@H](C/C=C\CCCC(=O)O)[C@@H]1C2. The molecule has 4 atom stereocenters. The van der Waals surface area contributed by atoms with Crippen LogP contribution in [-0.4, -0.2) is 28.1 Å². The number of carbonyl (C=O) groups excluding carboxylic acids is 1. The van der Waals surface area contributed by atoms with E-state index in [1.807, 2.05) is 11.4 Å². The number of hydrogen-bond donors (Lipinski definition) is 3. The molecule has 0 radical (unpaired) electrons. The highest BCUT2D eigenvalue weighted by atomic mass is 32.1. The second-order valence-corrected chi connectivity index (χ2v) is 10.6. The maximum atomic E-state index is 13.1. The summed E-state index contributed by atoms with van der Waals surface area (Å²) in [4.78, 5) is 23.8. The number of thiophene rings is 1. The van der Waals surface area contributed by atoms with E-state index in [9.17, 15) is 14.7 Å². The van der Waals surface area contributed by atoms with Gasteiger partial charge in [-0.2, -0.15) is 0 Å². The topological polar surface area (TPSA) is 86.6 Å². The van der Waals surface area contributed by atoms with Crippen molar-refractivity contribution in [2.45, 2.75) is 58.4 Å². The number of allylic oxidation sites excluding steroid dienone is 2. The number of benzene rings is 1. The van der Waals surface area contributed by atoms with E-state index in [4.69, 9.17) is 5.11 Å². The molecule has 31 heavy (non-hydrogen) atoms. The van der Waals surface area contributed by atoms with Gasteiger partial charge in [0.1, 0.15) is 5.75 Å². The van der Waals surface area contributed by atoms with Gasteiger partial charge in [-0.3, -0.25) is 9.59 Å². The lowest BCUT2D eigenvalue weighted by molar-refractivity contribution is -0.137. The molecule has 3 aliphatic rings. The molecule has 1 amide bonds. The molecule has 6 heteroatoms. The molecule has 2 bridgehead atoms. The average Bonchev–Trinajstić information content (AvgIpc) is 3.13. The van der Waals surface area contributed by atoms with Gasteiger partial charge in [-0.25, -0.2) is 0 Å². The van der Waals surface area contributed by atoms with Crippen LogP contribution in [0.2, 0.25) is 0 Å². The summed E-state index contributed by atoms with van der Waals surface area (Å²) < 4.78 is 0.997. The molecule has 5 nitrogen and oxygen atoms in total. The first-order valence-electron chi connectivity index (χ1n) is 11.1. The maximum Gasteiger partial charge on any atom is 0.303 e. The van der Waals surface area contributed by atoms with Crippen molar-refractivity contribution >= 4 is 33.3 Å². The number of amides is 1. The molecule has 1 aromatic heterocycles. The van der Waals surface area contributed by atoms with Gasteiger partial charge < -0.3 is 15.5 Å². The number of fused-ring (bicyclic) bond motifs is 3. The van der Waals surface area contributed by atoms with Gasteiger partial charge in [-0.15, -0.1) is 11.3 Å². The second-order valence-electron chi connectivity index (χ2n) is 9.66. The highest BCUT2D eigenvalue weighted by molar-refractivity contribution is 7.17. The number of unbranched alkanes of at least 4 members (excludes halogenated alkanes) is 1. The Morgan fingerprint density at radius 2 is 2.06 bits per heavy atom. The van der Waals surface area contributed by atoms with Crippen LogP contribution >= 0.6 is 11.3 Å². The standard InChI is InChI=1S/C25H31NO4S/c1-25(2)15-11-20(25)17(7-5-3-4-6-8-23(28)29)21(12-15)26-24(30)19-14-31-22-10-9-16(27)13-18(19)22/h3,5,9-10,13-15,17,20-21,27H,4,6-8,11-12H2,1-2H3,(H,26,30)(H,28,29)/b5-3-/t15-,17+,20+,21-/m1/s1. The Hall–Kier alpha value is -2.34. The van der Waals surface area contributed by atoms with Crippen LogP contribution in [0.5, 0.6) is 5.75 Å². The summed E-state index contributed by atoms with van der Waals surface area (Å²) in [7, 11) is 0. The fourth-order valence-electron chi connectivity index (χ4n) is 5.62. The summed E-state index contributed by atoms with van der Waals surface area (Å²) in [6, 6.07) is 5.30. The number of aliphatic carboxylic acids is 1. The largest absolute Gasteiger partial charge is 0.508 e. The van der Waals surface area contributed by atoms with Crippen molar-refractivity contribution in [3.8, 4) is 5.75 Å². The highest BCUT2D eigenvalue weighted by Gasteiger charge is 2.57. The van der Waals surface area contributed by atoms with Gasteiger partial charge >= 0.3 is 5.97 Å². The van der Waals surface area contributed by atoms with E-state index in [-0.39, 0.29) is 24.1 Å². The number of phenolic OH excluding ortho intramolecular Hbond substituents is 1. The zero-order chi connectivity index (χ0) is 22.2. The Kier molecular flexibility index (Phi) is 6.11. The lowest BCUT2D eigenvalue weighted by Gasteiger charge is -2.62. The number of carboxylic acid groups (broad SMARTS) is 1. The van der Waals surface area contributed by atoms with Crippen molar-refractivity contribution < 1.29 is 19.8 Å². The van der Waals surface area contributed by atoms with Crippen LogP contribution in [0.25, 0.3) is 10.1 Å². The van der Waals surface area contributed by atoms with Gasteiger partial charge in [-0.05, 0) is 73.5 Å². The lowest BCUT2D eigenvalue weighted by atomic mass is 9.44. The van der Waals surface area contributed by atoms with Crippen molar-refractivity contribution in [3.63, 3.8) is 0 Å². The first-order valence-corrected chi connectivity index (χ1v) is 12.0. The molecule has 0 aliphatic heterocycles. The fraction of sp³-hybridized carbons (Fsp3) is 0.520. The zero-order valence-corrected chi connectivity index (χ0v) is 19.0. The van der Waals surface area contributed by atoms with Crippen molar-refractivity contribution in [3.05, 3.63) is 41.3 Å². The third-order valence-electron chi connectivity index (χ3n) is 7.57. The lowest BCUT2D eigenvalue weighted by Crippen LogP contribution is -2.61. The van der Waals surface area contributed by atoms with Crippen LogP contribution < -0.4 is 5.32 Å². The third-order valence-corrected chi connectivity index (χ3v) is 8.54. The molecule has 0 unspecified atom stereocenters. The highest BCUT2D eigenvalue weighted by Crippen LogP contribution is 2.62. The number of carbonyl (C=O) groups is 2. The Balaban J connectivity index is 1.45. The molecule has 3 fully saturated rings. The molecule has 3 aliphatic carbocycles. The fourth-order valence-corrected chi connectivity index (χ4v) is 6.54. The minimum Gasteiger partial charge on any atom is -0.508 e. The first-order chi connectivity index (χ1) is 14.8. The molecular weight excluding hydrogens is 410 g/mol. The van der Waals surface area contributed by atoms with Crippen LogP contribution in [0.1, 0.15) is 62.7 Å². The van der Waals surface area contributed by atoms with E-state index >= 15 is 0 Å². The molecule has 1 aromatic carbocycles. The zero-order valence-electron chi connectivity index (χ0n) is 18.1. The van der Waals surface area contributed by atoms with E-state index in [1.165, 1.54) is 17.8 Å². The van der Waals surface area contributed by atoms with Crippen molar-refractivity contribution in [2.75, 3.05) is 0 Å². The number of phenols is 1. The normalized spacial score (nSPS) is 26.6. The molecule has 1 heterocycles. The summed E-state index contributed by atoms with van der Waals surface area (Å²) in [5.74, 6) is 0.978. The molecule has 3 N–H and O–H groups in total. The average molecular weight is 442 g/mol. The van der Waals surface area contributed by atoms with Crippen LogP contribution in [0, 0.1) is 23.2 Å². The molecular formula is C25H31NO4S. The molecule has 5 rings (SSSR count). The van der Waals surface area contributed by atoms with Crippen molar-refractivity contribution in [1.82, 2.24) is 5.32 Å². The summed E-state index contributed by atoms with van der Waals surface area (Å²) >= 11 is 1.52. The number of rotatable bonds is 8. The predicted octanol–water partition coefficient (Wildman–Crippen LogP) is 5.59. The smallest absolute Gasteiger partial charge is 0.303 e. The van der Waals surface area contributed by atoms with Gasteiger partial charge in [0.2, 0.25) is 0 Å². The van der Waals surface area contributed by atoms with E-state index in [0.717, 1.165) is 29.3 Å². The molecule has 3 saturated carbocycles. The van der Waals surface area contributed by atoms with E-state index < -0.39 is 5.97 Å². The van der Waals surface area contributed by atoms with E-state index in [0.29, 0.717) is 35.2 Å². The summed E-state index contributed by atoms with van der Waals surface area (Å²) in [5, 5.41) is 24.6. The number of hydrogen-bond acceptors (Lipinski definition) is 4. The number of carboxylic acids is 1. The second kappa shape index (κ2) is 8.65. The van der Waals surface area contributed by atoms with Crippen LogP contribution in [-0.2, 0) is 4.79 Å². The monoisotopic (exact) mass is 441 g/mol. The van der Waals surface area contributed by atoms with Gasteiger partial charge in [0.25, 0.3) is 5.91 Å². The summed E-state index contributed by atoms with van der Waals surface area (Å²) in [6.07, 6.45) is 9.04. The van der Waals surface area contributed by atoms with Crippen LogP contribution in [0.3, 0.4) is 0 Å². The Morgan fingerprint density at radius 1 is 1.26 bits per heavy atom. The molecule has 166 valence electrons. The van der Waals surface area contributed by atoms with Gasteiger partial charge in [0, 0.05) is 27.9 Å². The number of aromatic hydroxyl groups is 1. The van der Waals surface area contributed by atoms with Crippen molar-refractivity contribution in [1.29, 1.82) is 0 Å². The Bertz CT molecular complexity index is 1010. The molecule has 2 aromatic rings. The maximum absolute atomic E-state index is 13.1. The quantitative estimate of drug-likeness (QED) is 0.368. The van der Waals surface area contributed by atoms with Gasteiger partial charge in [-0.1, -0.05) is 26.0 Å².